The van der Waals surface area contributed by atoms with Gasteiger partial charge in [0.15, 0.2) is 0 Å². The molecule has 1 aromatic carbocycles. The monoisotopic (exact) mass is 236 g/mol. The zero-order chi connectivity index (χ0) is 13.1. The van der Waals surface area contributed by atoms with Crippen LogP contribution in [0.5, 0.6) is 0 Å². The fraction of sp³-hybridized carbons (Fsp3) is 0.143. The number of aromatic nitrogens is 2. The van der Waals surface area contributed by atoms with Crippen LogP contribution in [0, 0.1) is 30.6 Å². The summed E-state index contributed by atoms with van der Waals surface area (Å²) in [6.07, 6.45) is 5.29. The van der Waals surface area contributed by atoms with Gasteiger partial charge >= 0.3 is 0 Å². The summed E-state index contributed by atoms with van der Waals surface area (Å²) >= 11 is 0. The van der Waals surface area contributed by atoms with Crippen molar-refractivity contribution in [2.24, 2.45) is 0 Å². The third-order valence-electron chi connectivity index (χ3n) is 2.73. The van der Waals surface area contributed by atoms with Gasteiger partial charge in [-0.3, -0.25) is 0 Å². The van der Waals surface area contributed by atoms with Crippen LogP contribution in [-0.2, 0) is 6.54 Å². The second-order valence-electron chi connectivity index (χ2n) is 3.87. The number of terminal acetylenes is 1. The Kier molecular flexibility index (Phi) is 3.03. The van der Waals surface area contributed by atoms with Gasteiger partial charge in [-0.15, -0.1) is 6.42 Å². The second-order valence-corrected chi connectivity index (χ2v) is 3.87. The lowest BCUT2D eigenvalue weighted by molar-refractivity contribution is 0.807. The van der Waals surface area contributed by atoms with Crippen LogP contribution >= 0.6 is 0 Å². The predicted molar refractivity (Wildman–Crippen MR) is 70.4 cm³/mol. The molecule has 0 aliphatic carbocycles. The summed E-state index contributed by atoms with van der Waals surface area (Å²) in [7, 11) is 0. The number of hydrogen-bond donors (Lipinski definition) is 1. The zero-order valence-corrected chi connectivity index (χ0v) is 10.0. The van der Waals surface area contributed by atoms with Gasteiger partial charge in [0, 0.05) is 5.56 Å². The van der Waals surface area contributed by atoms with E-state index in [1.807, 2.05) is 19.1 Å². The average molecular weight is 236 g/mol. The first-order valence-corrected chi connectivity index (χ1v) is 5.44. The number of anilines is 1. The van der Waals surface area contributed by atoms with Crippen LogP contribution in [0.4, 0.5) is 5.82 Å². The van der Waals surface area contributed by atoms with E-state index in [0.29, 0.717) is 23.6 Å². The van der Waals surface area contributed by atoms with Crippen molar-refractivity contribution in [1.82, 2.24) is 9.55 Å². The topological polar surface area (TPSA) is 67.6 Å². The van der Waals surface area contributed by atoms with Gasteiger partial charge in [0.1, 0.15) is 17.3 Å². The molecule has 0 aliphatic rings. The number of nitriles is 1. The maximum Gasteiger partial charge on any atom is 0.132 e. The number of nitrogens with zero attached hydrogens (tertiary/aromatic N) is 3. The predicted octanol–water partition coefficient (Wildman–Crippen LogP) is 1.95. The minimum Gasteiger partial charge on any atom is -0.383 e. The standard InChI is InChI=1S/C14H12N4/c1-3-8-18-10(2)17-13(14(18)16)12-6-4-11(9-15)5-7-12/h1,4-7H,8,16H2,2H3. The summed E-state index contributed by atoms with van der Waals surface area (Å²) in [6.45, 7) is 2.27. The van der Waals surface area contributed by atoms with Crippen LogP contribution in [0.2, 0.25) is 0 Å². The van der Waals surface area contributed by atoms with Crippen LogP contribution < -0.4 is 5.73 Å². The average Bonchev–Trinajstić information content (AvgIpc) is 2.67. The summed E-state index contributed by atoms with van der Waals surface area (Å²) in [5.74, 6) is 3.88. The Balaban J connectivity index is 2.48. The highest BCUT2D eigenvalue weighted by molar-refractivity contribution is 5.71. The fourth-order valence-corrected chi connectivity index (χ4v) is 1.79. The molecule has 0 aliphatic heterocycles. The minimum absolute atomic E-state index is 0.404. The summed E-state index contributed by atoms with van der Waals surface area (Å²) < 4.78 is 1.79. The number of rotatable bonds is 2. The quantitative estimate of drug-likeness (QED) is 0.810. The van der Waals surface area contributed by atoms with Crippen molar-refractivity contribution in [2.75, 3.05) is 5.73 Å². The molecule has 88 valence electrons. The van der Waals surface area contributed by atoms with E-state index >= 15 is 0 Å². The van der Waals surface area contributed by atoms with Crippen molar-refractivity contribution in [3.05, 3.63) is 35.7 Å². The highest BCUT2D eigenvalue weighted by Crippen LogP contribution is 2.26. The van der Waals surface area contributed by atoms with Gasteiger partial charge in [-0.25, -0.2) is 4.98 Å². The molecule has 0 fully saturated rings. The molecule has 0 unspecified atom stereocenters. The van der Waals surface area contributed by atoms with Crippen LogP contribution in [0.25, 0.3) is 11.3 Å². The van der Waals surface area contributed by atoms with Gasteiger partial charge in [0.25, 0.3) is 0 Å². The van der Waals surface area contributed by atoms with E-state index in [4.69, 9.17) is 17.4 Å². The molecule has 0 bridgehead atoms. The summed E-state index contributed by atoms with van der Waals surface area (Å²) in [6, 6.07) is 9.22. The molecule has 0 atom stereocenters. The lowest BCUT2D eigenvalue weighted by Crippen LogP contribution is -2.03. The lowest BCUT2D eigenvalue weighted by atomic mass is 10.1. The first-order valence-electron chi connectivity index (χ1n) is 5.44. The van der Waals surface area contributed by atoms with E-state index in [9.17, 15) is 0 Å². The molecule has 4 heteroatoms. The number of nitrogens with two attached hydrogens (primary N) is 1. The molecule has 2 rings (SSSR count). The Bertz CT molecular complexity index is 651. The molecule has 4 nitrogen and oxygen atoms in total. The third kappa shape index (κ3) is 1.92. The Labute approximate surface area is 106 Å². The summed E-state index contributed by atoms with van der Waals surface area (Å²) in [5.41, 5.74) is 8.22. The smallest absolute Gasteiger partial charge is 0.132 e. The summed E-state index contributed by atoms with van der Waals surface area (Å²) in [4.78, 5) is 4.41. The van der Waals surface area contributed by atoms with Crippen molar-refractivity contribution >= 4 is 5.82 Å². The maximum atomic E-state index is 8.76. The molecule has 0 spiro atoms. The second kappa shape index (κ2) is 4.65. The van der Waals surface area contributed by atoms with Crippen LogP contribution in [0.1, 0.15) is 11.4 Å². The van der Waals surface area contributed by atoms with Crippen molar-refractivity contribution in [3.63, 3.8) is 0 Å². The van der Waals surface area contributed by atoms with Crippen molar-refractivity contribution < 1.29 is 0 Å². The fourth-order valence-electron chi connectivity index (χ4n) is 1.79. The molecular formula is C14H12N4. The van der Waals surface area contributed by atoms with E-state index in [-0.39, 0.29) is 0 Å². The normalized spacial score (nSPS) is 9.72. The molecule has 0 saturated heterocycles. The number of nitrogen functional groups attached to an aromatic ring is 1. The Morgan fingerprint density at radius 3 is 2.61 bits per heavy atom. The molecular weight excluding hydrogens is 224 g/mol. The molecule has 2 N–H and O–H groups in total. The van der Waals surface area contributed by atoms with E-state index in [1.54, 1.807) is 16.7 Å². The van der Waals surface area contributed by atoms with Crippen molar-refractivity contribution in [3.8, 4) is 29.7 Å². The van der Waals surface area contributed by atoms with Crippen LogP contribution in [0.3, 0.4) is 0 Å². The van der Waals surface area contributed by atoms with Gasteiger partial charge in [-0.1, -0.05) is 18.1 Å². The molecule has 0 amide bonds. The van der Waals surface area contributed by atoms with Crippen molar-refractivity contribution in [2.45, 2.75) is 13.5 Å². The Morgan fingerprint density at radius 2 is 2.06 bits per heavy atom. The Hall–Kier alpha value is -2.72. The molecule has 2 aromatic rings. The van der Waals surface area contributed by atoms with Gasteiger partial charge in [0.05, 0.1) is 18.2 Å². The minimum atomic E-state index is 0.404. The van der Waals surface area contributed by atoms with E-state index < -0.39 is 0 Å². The molecule has 0 radical (unpaired) electrons. The SMILES string of the molecule is C#CCn1c(C)nc(-c2ccc(C#N)cc2)c1N. The highest BCUT2D eigenvalue weighted by Gasteiger charge is 2.12. The molecule has 1 heterocycles. The number of aryl methyl sites for hydroxylation is 1. The Morgan fingerprint density at radius 1 is 1.39 bits per heavy atom. The van der Waals surface area contributed by atoms with Crippen LogP contribution in [-0.4, -0.2) is 9.55 Å². The van der Waals surface area contributed by atoms with Gasteiger partial charge in [0.2, 0.25) is 0 Å². The number of benzene rings is 1. The molecule has 18 heavy (non-hydrogen) atoms. The van der Waals surface area contributed by atoms with Crippen LogP contribution in [0.15, 0.2) is 24.3 Å². The highest BCUT2D eigenvalue weighted by atomic mass is 15.1. The van der Waals surface area contributed by atoms with Gasteiger partial charge < -0.3 is 10.3 Å². The maximum absolute atomic E-state index is 8.76. The first kappa shape index (κ1) is 11.8. The van der Waals surface area contributed by atoms with E-state index in [0.717, 1.165) is 11.4 Å². The van der Waals surface area contributed by atoms with Gasteiger partial charge in [-0.2, -0.15) is 5.26 Å². The third-order valence-corrected chi connectivity index (χ3v) is 2.73. The number of imidazole rings is 1. The molecule has 1 aromatic heterocycles. The zero-order valence-electron chi connectivity index (χ0n) is 10.0. The lowest BCUT2D eigenvalue weighted by Gasteiger charge is -2.03. The van der Waals surface area contributed by atoms with Crippen molar-refractivity contribution in [1.29, 1.82) is 5.26 Å². The molecule has 0 saturated carbocycles. The van der Waals surface area contributed by atoms with E-state index in [2.05, 4.69) is 17.0 Å². The first-order chi connectivity index (χ1) is 8.67. The number of hydrogen-bond acceptors (Lipinski definition) is 3. The largest absolute Gasteiger partial charge is 0.383 e. The van der Waals surface area contributed by atoms with Gasteiger partial charge in [-0.05, 0) is 19.1 Å². The summed E-state index contributed by atoms with van der Waals surface area (Å²) in [5, 5.41) is 8.76. The van der Waals surface area contributed by atoms with E-state index in [1.165, 1.54) is 0 Å².